The summed E-state index contributed by atoms with van der Waals surface area (Å²) >= 11 is 0. The quantitative estimate of drug-likeness (QED) is 0.356. The number of aliphatic hydroxyl groups is 1. The largest absolute Gasteiger partial charge is 0.445 e. The summed E-state index contributed by atoms with van der Waals surface area (Å²) < 4.78 is 15.6. The van der Waals surface area contributed by atoms with Crippen LogP contribution in [-0.4, -0.2) is 77.9 Å². The van der Waals surface area contributed by atoms with Gasteiger partial charge in [0.1, 0.15) is 19.0 Å². The standard InChI is InChI=1S/C18H25NO3.C15H19NO3.C4H8O.CH4/c20-17(22-14-15-6-2-1-3-7-15)19-12-5-4-10-18(21,11-13-19)16-8-9-16;17-14-8-4-5-10-16(11-9-14)15(18)19-12-13-6-2-1-3-7-13;1-2-4-5-3-1;/h1-3,6-7,16,21H,4-5,8-14H2;1-3,6-7H,4-5,8-12H2;1-4H2;1H4. The summed E-state index contributed by atoms with van der Waals surface area (Å²) in [6.07, 6.45) is 10.5. The predicted molar refractivity (Wildman–Crippen MR) is 183 cm³/mol. The summed E-state index contributed by atoms with van der Waals surface area (Å²) in [6.45, 7) is 5.08. The van der Waals surface area contributed by atoms with Crippen molar-refractivity contribution in [1.29, 1.82) is 0 Å². The first-order chi connectivity index (χ1) is 22.4. The van der Waals surface area contributed by atoms with E-state index in [2.05, 4.69) is 0 Å². The van der Waals surface area contributed by atoms with Gasteiger partial charge in [0.15, 0.2) is 0 Å². The van der Waals surface area contributed by atoms with Crippen LogP contribution in [0.2, 0.25) is 0 Å². The molecule has 6 rings (SSSR count). The lowest BCUT2D eigenvalue weighted by atomic mass is 9.86. The average Bonchev–Trinajstić information content (AvgIpc) is 3.76. The highest BCUT2D eigenvalue weighted by atomic mass is 16.6. The van der Waals surface area contributed by atoms with Crippen LogP contribution in [0.4, 0.5) is 9.59 Å². The van der Waals surface area contributed by atoms with Crippen molar-refractivity contribution >= 4 is 18.0 Å². The number of carbonyl (C=O) groups excluding carboxylic acids is 3. The maximum Gasteiger partial charge on any atom is 0.410 e. The summed E-state index contributed by atoms with van der Waals surface area (Å²) in [5, 5.41) is 10.7. The zero-order chi connectivity index (χ0) is 32.5. The molecule has 0 aromatic heterocycles. The van der Waals surface area contributed by atoms with Gasteiger partial charge in [-0.3, -0.25) is 4.79 Å². The molecule has 9 heteroatoms. The highest BCUT2D eigenvalue weighted by molar-refractivity contribution is 5.79. The number of hydrogen-bond donors (Lipinski definition) is 1. The maximum atomic E-state index is 12.3. The van der Waals surface area contributed by atoms with Crippen LogP contribution < -0.4 is 0 Å². The van der Waals surface area contributed by atoms with E-state index in [-0.39, 0.29) is 32.0 Å². The second kappa shape index (κ2) is 20.7. The topological polar surface area (TPSA) is 106 Å². The molecule has 4 aliphatic rings. The number of rotatable bonds is 5. The van der Waals surface area contributed by atoms with Crippen LogP contribution >= 0.6 is 0 Å². The molecule has 3 heterocycles. The lowest BCUT2D eigenvalue weighted by Crippen LogP contribution is -2.42. The van der Waals surface area contributed by atoms with Crippen molar-refractivity contribution in [3.05, 3.63) is 71.8 Å². The van der Waals surface area contributed by atoms with E-state index in [0.29, 0.717) is 51.4 Å². The molecule has 3 saturated heterocycles. The molecule has 4 fully saturated rings. The Hall–Kier alpha value is -3.43. The Bertz CT molecular complexity index is 1180. The molecule has 1 aliphatic carbocycles. The first kappa shape index (κ1) is 38.0. The van der Waals surface area contributed by atoms with Crippen LogP contribution in [0.1, 0.15) is 95.6 Å². The highest BCUT2D eigenvalue weighted by Crippen LogP contribution is 2.44. The summed E-state index contributed by atoms with van der Waals surface area (Å²) in [6, 6.07) is 19.3. The van der Waals surface area contributed by atoms with E-state index >= 15 is 0 Å². The number of likely N-dealkylation sites (tertiary alicyclic amines) is 2. The van der Waals surface area contributed by atoms with Gasteiger partial charge in [-0.1, -0.05) is 68.1 Å². The number of ketones is 1. The molecule has 0 bridgehead atoms. The third-order valence-corrected chi connectivity index (χ3v) is 8.99. The SMILES string of the molecule is C.C1CCOC1.O=C(OCc1ccccc1)N1CCCCC(O)(C2CC2)CC1.O=C1CCCCN(C(=O)OCc2ccccc2)CC1. The van der Waals surface area contributed by atoms with Crippen LogP contribution in [0, 0.1) is 5.92 Å². The minimum Gasteiger partial charge on any atom is -0.445 e. The third-order valence-electron chi connectivity index (χ3n) is 8.99. The van der Waals surface area contributed by atoms with Gasteiger partial charge >= 0.3 is 12.2 Å². The minimum absolute atomic E-state index is 0. The van der Waals surface area contributed by atoms with E-state index in [1.54, 1.807) is 9.80 Å². The molecule has 9 nitrogen and oxygen atoms in total. The maximum absolute atomic E-state index is 12.3. The smallest absolute Gasteiger partial charge is 0.410 e. The Morgan fingerprint density at radius 2 is 1.23 bits per heavy atom. The molecule has 1 atom stereocenters. The lowest BCUT2D eigenvalue weighted by Gasteiger charge is -2.34. The van der Waals surface area contributed by atoms with E-state index < -0.39 is 5.60 Å². The van der Waals surface area contributed by atoms with Crippen LogP contribution in [0.15, 0.2) is 60.7 Å². The van der Waals surface area contributed by atoms with Crippen molar-refractivity contribution in [3.8, 4) is 0 Å². The summed E-state index contributed by atoms with van der Waals surface area (Å²) in [7, 11) is 0. The normalized spacial score (nSPS) is 21.5. The molecule has 0 radical (unpaired) electrons. The molecule has 2 amide bonds. The molecule has 1 unspecified atom stereocenters. The fraction of sp³-hybridized carbons (Fsp3) is 0.605. The first-order valence-corrected chi connectivity index (χ1v) is 17.2. The van der Waals surface area contributed by atoms with Gasteiger partial charge in [-0.2, -0.15) is 0 Å². The molecule has 260 valence electrons. The number of ether oxygens (including phenoxy) is 3. The molecule has 1 saturated carbocycles. The van der Waals surface area contributed by atoms with Crippen LogP contribution in [-0.2, 0) is 32.2 Å². The Labute approximate surface area is 281 Å². The van der Waals surface area contributed by atoms with Crippen LogP contribution in [0.5, 0.6) is 0 Å². The van der Waals surface area contributed by atoms with E-state index in [4.69, 9.17) is 14.2 Å². The highest BCUT2D eigenvalue weighted by Gasteiger charge is 2.43. The van der Waals surface area contributed by atoms with Crippen molar-refractivity contribution in [2.45, 2.75) is 103 Å². The molecule has 47 heavy (non-hydrogen) atoms. The van der Waals surface area contributed by atoms with E-state index in [1.807, 2.05) is 60.7 Å². The first-order valence-electron chi connectivity index (χ1n) is 17.2. The molecule has 2 aromatic carbocycles. The van der Waals surface area contributed by atoms with Gasteiger partial charge in [0.25, 0.3) is 0 Å². The number of hydrogen-bond acceptors (Lipinski definition) is 7. The average molecular weight is 653 g/mol. The number of nitrogens with zero attached hydrogens (tertiary/aromatic N) is 2. The van der Waals surface area contributed by atoms with Crippen molar-refractivity contribution in [1.82, 2.24) is 9.80 Å². The Morgan fingerprint density at radius 1 is 0.702 bits per heavy atom. The Kier molecular flexibility index (Phi) is 16.8. The number of Topliss-reactive ketones (excluding diaryl/α,β-unsaturated/α-hetero) is 1. The number of carbonyl (C=O) groups is 3. The van der Waals surface area contributed by atoms with E-state index in [9.17, 15) is 19.5 Å². The minimum atomic E-state index is -0.557. The Morgan fingerprint density at radius 3 is 1.74 bits per heavy atom. The van der Waals surface area contributed by atoms with Crippen molar-refractivity contribution in [2.24, 2.45) is 5.92 Å². The Balaban J connectivity index is 0.000000220. The molecule has 0 spiro atoms. The van der Waals surface area contributed by atoms with Crippen LogP contribution in [0.25, 0.3) is 0 Å². The van der Waals surface area contributed by atoms with Crippen molar-refractivity contribution in [2.75, 3.05) is 39.4 Å². The third kappa shape index (κ3) is 14.1. The van der Waals surface area contributed by atoms with Gasteiger partial charge < -0.3 is 29.1 Å². The molecular weight excluding hydrogens is 596 g/mol. The zero-order valence-electron chi connectivity index (χ0n) is 27.3. The lowest BCUT2D eigenvalue weighted by molar-refractivity contribution is -0.119. The van der Waals surface area contributed by atoms with Gasteiger partial charge in [-0.05, 0) is 81.3 Å². The zero-order valence-corrected chi connectivity index (χ0v) is 27.3. The van der Waals surface area contributed by atoms with Gasteiger partial charge in [0.2, 0.25) is 0 Å². The molecule has 1 N–H and O–H groups in total. The molecule has 3 aliphatic heterocycles. The van der Waals surface area contributed by atoms with Crippen molar-refractivity contribution < 1.29 is 33.7 Å². The van der Waals surface area contributed by atoms with Gasteiger partial charge in [-0.25, -0.2) is 9.59 Å². The van der Waals surface area contributed by atoms with E-state index in [0.717, 1.165) is 75.8 Å². The summed E-state index contributed by atoms with van der Waals surface area (Å²) in [4.78, 5) is 39.0. The predicted octanol–water partition coefficient (Wildman–Crippen LogP) is 7.54. The monoisotopic (exact) mass is 652 g/mol. The second-order valence-corrected chi connectivity index (χ2v) is 12.7. The molecule has 2 aromatic rings. The summed E-state index contributed by atoms with van der Waals surface area (Å²) in [5.41, 5.74) is 1.41. The second-order valence-electron chi connectivity index (χ2n) is 12.7. The number of amides is 2. The fourth-order valence-electron chi connectivity index (χ4n) is 5.95. The van der Waals surface area contributed by atoms with E-state index in [1.165, 1.54) is 12.8 Å². The number of benzene rings is 2. The summed E-state index contributed by atoms with van der Waals surface area (Å²) in [5.74, 6) is 0.688. The van der Waals surface area contributed by atoms with Gasteiger partial charge in [0.05, 0.1) is 5.60 Å². The molecular formula is C38H56N2O7. The van der Waals surface area contributed by atoms with Crippen LogP contribution in [0.3, 0.4) is 0 Å². The van der Waals surface area contributed by atoms with Crippen molar-refractivity contribution in [3.63, 3.8) is 0 Å². The van der Waals surface area contributed by atoms with Gasteiger partial charge in [-0.15, -0.1) is 0 Å². The van der Waals surface area contributed by atoms with Gasteiger partial charge in [0, 0.05) is 52.2 Å². The fourth-order valence-corrected chi connectivity index (χ4v) is 5.95.